The largest absolute Gasteiger partial charge is 0.486 e. The molecule has 4 nitrogen and oxygen atoms in total. The molecule has 1 aromatic carbocycles. The van der Waals surface area contributed by atoms with E-state index in [-0.39, 0.29) is 11.4 Å². The third kappa shape index (κ3) is 1.50. The minimum atomic E-state index is -0.325. The van der Waals surface area contributed by atoms with Crippen LogP contribution in [-0.2, 0) is 6.42 Å². The van der Waals surface area contributed by atoms with E-state index >= 15 is 0 Å². The molecule has 1 aromatic rings. The molecule has 0 unspecified atom stereocenters. The van der Waals surface area contributed by atoms with Crippen LogP contribution in [0.5, 0.6) is 5.75 Å². The van der Waals surface area contributed by atoms with Crippen LogP contribution >= 0.6 is 0 Å². The number of nitrogens with two attached hydrogens (primary N) is 2. The first-order valence-electron chi connectivity index (χ1n) is 5.22. The molecule has 0 aliphatic carbocycles. The second kappa shape index (κ2) is 3.14. The van der Waals surface area contributed by atoms with Crippen molar-refractivity contribution in [3.8, 4) is 5.75 Å². The van der Waals surface area contributed by atoms with Crippen molar-refractivity contribution < 1.29 is 9.53 Å². The van der Waals surface area contributed by atoms with Gasteiger partial charge in [0.1, 0.15) is 11.4 Å². The number of fused-ring (bicyclic) bond motifs is 1. The van der Waals surface area contributed by atoms with Gasteiger partial charge >= 0.3 is 0 Å². The van der Waals surface area contributed by atoms with Gasteiger partial charge in [-0.15, -0.1) is 0 Å². The second-order valence-electron chi connectivity index (χ2n) is 4.83. The van der Waals surface area contributed by atoms with E-state index in [1.807, 2.05) is 13.8 Å². The molecule has 0 saturated carbocycles. The maximum absolute atomic E-state index is 11.5. The fraction of sp³-hybridized carbons (Fsp3) is 0.417. The van der Waals surface area contributed by atoms with Crippen molar-refractivity contribution in [2.75, 3.05) is 11.5 Å². The lowest BCUT2D eigenvalue weighted by molar-refractivity contribution is 0.0998. The number of ether oxygens (including phenoxy) is 1. The Kier molecular flexibility index (Phi) is 2.12. The number of hydrogen-bond donors (Lipinski definition) is 2. The lowest BCUT2D eigenvalue weighted by Gasteiger charge is -2.17. The molecule has 0 atom stereocenters. The summed E-state index contributed by atoms with van der Waals surface area (Å²) in [6.45, 7) is 5.43. The van der Waals surface area contributed by atoms with Crippen LogP contribution in [0, 0.1) is 0 Å². The van der Waals surface area contributed by atoms with Crippen molar-refractivity contribution in [2.45, 2.75) is 32.8 Å². The quantitative estimate of drug-likeness (QED) is 0.558. The predicted molar refractivity (Wildman–Crippen MR) is 63.7 cm³/mol. The van der Waals surface area contributed by atoms with Gasteiger partial charge < -0.3 is 16.2 Å². The fourth-order valence-corrected chi connectivity index (χ4v) is 2.05. The monoisotopic (exact) mass is 220 g/mol. The predicted octanol–water partition coefficient (Wildman–Crippen LogP) is 1.77. The second-order valence-corrected chi connectivity index (χ2v) is 4.83. The fourth-order valence-electron chi connectivity index (χ4n) is 2.05. The molecular weight excluding hydrogens is 204 g/mol. The molecule has 1 aliphatic rings. The van der Waals surface area contributed by atoms with Gasteiger partial charge in [0, 0.05) is 12.0 Å². The van der Waals surface area contributed by atoms with Crippen LogP contribution < -0.4 is 16.2 Å². The zero-order chi connectivity index (χ0) is 12.1. The molecule has 16 heavy (non-hydrogen) atoms. The lowest BCUT2D eigenvalue weighted by Crippen LogP contribution is -2.25. The van der Waals surface area contributed by atoms with E-state index in [1.54, 1.807) is 6.07 Å². The zero-order valence-corrected chi connectivity index (χ0v) is 9.76. The first-order chi connectivity index (χ1) is 7.32. The van der Waals surface area contributed by atoms with E-state index in [2.05, 4.69) is 0 Å². The molecule has 0 radical (unpaired) electrons. The van der Waals surface area contributed by atoms with E-state index in [0.717, 1.165) is 5.56 Å². The summed E-state index contributed by atoms with van der Waals surface area (Å²) in [4.78, 5) is 11.5. The molecule has 0 fully saturated rings. The van der Waals surface area contributed by atoms with Gasteiger partial charge in [-0.2, -0.15) is 0 Å². The molecule has 0 bridgehead atoms. The summed E-state index contributed by atoms with van der Waals surface area (Å²) in [6, 6.07) is 1.60. The Bertz CT molecular complexity index is 478. The van der Waals surface area contributed by atoms with Crippen LogP contribution in [0.25, 0.3) is 0 Å². The lowest BCUT2D eigenvalue weighted by atomic mass is 9.97. The minimum absolute atomic E-state index is 0.0550. The molecule has 86 valence electrons. The number of benzene rings is 1. The van der Waals surface area contributed by atoms with Crippen LogP contribution in [0.2, 0.25) is 0 Å². The summed E-state index contributed by atoms with van der Waals surface area (Å²) in [6.07, 6.45) is 0.680. The van der Waals surface area contributed by atoms with Crippen molar-refractivity contribution in [2.24, 2.45) is 0 Å². The Balaban J connectivity index is 2.67. The molecule has 0 spiro atoms. The number of rotatable bonds is 1. The summed E-state index contributed by atoms with van der Waals surface area (Å²) in [5.41, 5.74) is 13.7. The normalized spacial score (nSPS) is 16.7. The van der Waals surface area contributed by atoms with Crippen molar-refractivity contribution in [1.82, 2.24) is 0 Å². The Morgan fingerprint density at radius 3 is 2.62 bits per heavy atom. The Labute approximate surface area is 94.6 Å². The molecule has 2 rings (SSSR count). The van der Waals surface area contributed by atoms with Crippen molar-refractivity contribution in [3.63, 3.8) is 0 Å². The van der Waals surface area contributed by atoms with Gasteiger partial charge in [-0.3, -0.25) is 4.79 Å². The molecule has 0 aromatic heterocycles. The zero-order valence-electron chi connectivity index (χ0n) is 9.76. The van der Waals surface area contributed by atoms with Crippen LogP contribution in [0.4, 0.5) is 11.4 Å². The van der Waals surface area contributed by atoms with Gasteiger partial charge in [0.05, 0.1) is 16.9 Å². The third-order valence-corrected chi connectivity index (χ3v) is 2.81. The topological polar surface area (TPSA) is 78.3 Å². The van der Waals surface area contributed by atoms with Crippen molar-refractivity contribution in [3.05, 3.63) is 17.2 Å². The van der Waals surface area contributed by atoms with Gasteiger partial charge in [-0.25, -0.2) is 0 Å². The van der Waals surface area contributed by atoms with Crippen molar-refractivity contribution >= 4 is 17.2 Å². The van der Waals surface area contributed by atoms with Crippen LogP contribution in [-0.4, -0.2) is 11.4 Å². The number of carbonyl (C=O) groups excluding carboxylic acids is 1. The summed E-state index contributed by atoms with van der Waals surface area (Å²) >= 11 is 0. The van der Waals surface area contributed by atoms with E-state index in [0.29, 0.717) is 29.1 Å². The maximum atomic E-state index is 11.5. The number of Topliss-reactive ketones (excluding diaryl/α,β-unsaturated/α-hetero) is 1. The molecular formula is C12H16N2O2. The summed E-state index contributed by atoms with van der Waals surface area (Å²) in [7, 11) is 0. The van der Waals surface area contributed by atoms with E-state index in [4.69, 9.17) is 16.2 Å². The summed E-state index contributed by atoms with van der Waals surface area (Å²) in [5.74, 6) is 0.546. The van der Waals surface area contributed by atoms with Crippen LogP contribution in [0.3, 0.4) is 0 Å². The summed E-state index contributed by atoms with van der Waals surface area (Å²) in [5, 5.41) is 0. The molecule has 0 saturated heterocycles. The number of nitrogen functional groups attached to an aromatic ring is 2. The van der Waals surface area contributed by atoms with E-state index < -0.39 is 0 Å². The number of hydrogen-bond acceptors (Lipinski definition) is 4. The highest BCUT2D eigenvalue weighted by molar-refractivity contribution is 6.00. The number of carbonyl (C=O) groups is 1. The van der Waals surface area contributed by atoms with Crippen LogP contribution in [0.15, 0.2) is 6.07 Å². The van der Waals surface area contributed by atoms with E-state index in [1.165, 1.54) is 6.92 Å². The molecule has 0 amide bonds. The average Bonchev–Trinajstić information content (AvgIpc) is 2.47. The molecule has 1 heterocycles. The highest BCUT2D eigenvalue weighted by atomic mass is 16.5. The van der Waals surface area contributed by atoms with Gasteiger partial charge in [-0.05, 0) is 26.8 Å². The number of anilines is 2. The average molecular weight is 220 g/mol. The first kappa shape index (κ1) is 10.8. The van der Waals surface area contributed by atoms with Gasteiger partial charge in [0.25, 0.3) is 0 Å². The third-order valence-electron chi connectivity index (χ3n) is 2.81. The minimum Gasteiger partial charge on any atom is -0.486 e. The van der Waals surface area contributed by atoms with Gasteiger partial charge in [0.15, 0.2) is 5.78 Å². The molecule has 4 N–H and O–H groups in total. The van der Waals surface area contributed by atoms with Crippen molar-refractivity contribution in [1.29, 1.82) is 0 Å². The van der Waals surface area contributed by atoms with Gasteiger partial charge in [-0.1, -0.05) is 0 Å². The van der Waals surface area contributed by atoms with Gasteiger partial charge in [0.2, 0.25) is 0 Å². The first-order valence-corrected chi connectivity index (χ1v) is 5.22. The smallest absolute Gasteiger partial charge is 0.163 e. The van der Waals surface area contributed by atoms with Crippen LogP contribution in [0.1, 0.15) is 36.7 Å². The molecule has 4 heteroatoms. The SMILES string of the molecule is CC(=O)c1cc(N)c(N)c2c1OC(C)(C)C2. The Hall–Kier alpha value is -1.71. The Morgan fingerprint density at radius 1 is 1.44 bits per heavy atom. The van der Waals surface area contributed by atoms with E-state index in [9.17, 15) is 4.79 Å². The highest BCUT2D eigenvalue weighted by Crippen LogP contribution is 2.43. The number of ketones is 1. The highest BCUT2D eigenvalue weighted by Gasteiger charge is 2.35. The Morgan fingerprint density at radius 2 is 2.06 bits per heavy atom. The summed E-state index contributed by atoms with van der Waals surface area (Å²) < 4.78 is 5.77. The molecule has 1 aliphatic heterocycles. The standard InChI is InChI=1S/C12H16N2O2/c1-6(15)7-4-9(13)10(14)8-5-12(2,3)16-11(7)8/h4H,5,13-14H2,1-3H3. The maximum Gasteiger partial charge on any atom is 0.163 e.